The van der Waals surface area contributed by atoms with Gasteiger partial charge in [0.1, 0.15) is 5.82 Å². The van der Waals surface area contributed by atoms with Crippen LogP contribution in [-0.2, 0) is 11.2 Å². The number of likely N-dealkylation sites (N-methyl/N-ethyl adjacent to an activating group) is 1. The van der Waals surface area contributed by atoms with Gasteiger partial charge in [-0.3, -0.25) is 4.79 Å². The third-order valence-electron chi connectivity index (χ3n) is 2.08. The van der Waals surface area contributed by atoms with Crippen molar-refractivity contribution in [2.24, 2.45) is 0 Å². The van der Waals surface area contributed by atoms with Gasteiger partial charge in [-0.25, -0.2) is 4.39 Å². The molecule has 0 atom stereocenters. The quantitative estimate of drug-likeness (QED) is 0.804. The monoisotopic (exact) mass is 215 g/mol. The number of rotatable bonds is 2. The fourth-order valence-corrected chi connectivity index (χ4v) is 1.35. The lowest BCUT2D eigenvalue weighted by atomic mass is 10.1. The number of amides is 1. The maximum Gasteiger partial charge on any atom is 0.224 e. The van der Waals surface area contributed by atoms with E-state index in [1.807, 2.05) is 0 Å². The van der Waals surface area contributed by atoms with E-state index in [4.69, 9.17) is 11.6 Å². The van der Waals surface area contributed by atoms with Gasteiger partial charge in [-0.2, -0.15) is 0 Å². The zero-order valence-electron chi connectivity index (χ0n) is 8.03. The molecule has 0 radical (unpaired) electrons. The van der Waals surface area contributed by atoms with Crippen molar-refractivity contribution in [1.82, 2.24) is 5.32 Å². The zero-order chi connectivity index (χ0) is 10.7. The van der Waals surface area contributed by atoms with Crippen LogP contribution in [0.5, 0.6) is 0 Å². The van der Waals surface area contributed by atoms with Gasteiger partial charge in [0.25, 0.3) is 0 Å². The average Bonchev–Trinajstić information content (AvgIpc) is 2.19. The standard InChI is InChI=1S/C10H11ClFNO/c1-6-7(5-9(14)13-2)3-4-8(11)10(6)12/h3-4H,5H2,1-2H3,(H,13,14). The van der Waals surface area contributed by atoms with Crippen LogP contribution >= 0.6 is 11.6 Å². The second-order valence-corrected chi connectivity index (χ2v) is 3.40. The highest BCUT2D eigenvalue weighted by atomic mass is 35.5. The van der Waals surface area contributed by atoms with Crippen LogP contribution in [0.15, 0.2) is 12.1 Å². The summed E-state index contributed by atoms with van der Waals surface area (Å²) in [6, 6.07) is 3.12. The molecule has 0 bridgehead atoms. The fraction of sp³-hybridized carbons (Fsp3) is 0.300. The summed E-state index contributed by atoms with van der Waals surface area (Å²) >= 11 is 5.58. The molecule has 1 rings (SSSR count). The number of carbonyl (C=O) groups is 1. The first kappa shape index (κ1) is 11.0. The van der Waals surface area contributed by atoms with Gasteiger partial charge in [-0.1, -0.05) is 17.7 Å². The van der Waals surface area contributed by atoms with E-state index < -0.39 is 5.82 Å². The molecular weight excluding hydrogens is 205 g/mol. The Morgan fingerprint density at radius 3 is 2.79 bits per heavy atom. The molecule has 4 heteroatoms. The number of benzene rings is 1. The fourth-order valence-electron chi connectivity index (χ4n) is 1.14. The Labute approximate surface area is 87.1 Å². The molecule has 1 amide bonds. The second kappa shape index (κ2) is 4.42. The Balaban J connectivity index is 3.00. The molecule has 1 aromatic carbocycles. The summed E-state index contributed by atoms with van der Waals surface area (Å²) in [5.41, 5.74) is 1.09. The molecule has 1 N–H and O–H groups in total. The van der Waals surface area contributed by atoms with Gasteiger partial charge in [0.15, 0.2) is 0 Å². The van der Waals surface area contributed by atoms with Crippen molar-refractivity contribution >= 4 is 17.5 Å². The maximum atomic E-state index is 13.3. The van der Waals surface area contributed by atoms with Crippen LogP contribution in [0.25, 0.3) is 0 Å². The van der Waals surface area contributed by atoms with Crippen molar-refractivity contribution in [3.63, 3.8) is 0 Å². The molecule has 0 aliphatic rings. The molecule has 14 heavy (non-hydrogen) atoms. The average molecular weight is 216 g/mol. The first-order valence-electron chi connectivity index (χ1n) is 4.20. The van der Waals surface area contributed by atoms with E-state index in [9.17, 15) is 9.18 Å². The number of nitrogens with one attached hydrogen (secondary N) is 1. The lowest BCUT2D eigenvalue weighted by Crippen LogP contribution is -2.20. The summed E-state index contributed by atoms with van der Waals surface area (Å²) in [5, 5.41) is 2.57. The Hall–Kier alpha value is -1.09. The minimum Gasteiger partial charge on any atom is -0.359 e. The van der Waals surface area contributed by atoms with Crippen molar-refractivity contribution in [1.29, 1.82) is 0 Å². The third-order valence-corrected chi connectivity index (χ3v) is 2.37. The topological polar surface area (TPSA) is 29.1 Å². The molecule has 0 aromatic heterocycles. The summed E-state index contributed by atoms with van der Waals surface area (Å²) in [5.74, 6) is -0.595. The first-order valence-corrected chi connectivity index (χ1v) is 4.58. The highest BCUT2D eigenvalue weighted by molar-refractivity contribution is 6.30. The molecule has 0 heterocycles. The van der Waals surface area contributed by atoms with Crippen molar-refractivity contribution in [2.75, 3.05) is 7.05 Å². The lowest BCUT2D eigenvalue weighted by molar-refractivity contribution is -0.119. The number of hydrogen-bond acceptors (Lipinski definition) is 1. The Bertz CT molecular complexity index is 365. The van der Waals surface area contributed by atoms with Gasteiger partial charge in [0, 0.05) is 7.05 Å². The van der Waals surface area contributed by atoms with Crippen molar-refractivity contribution < 1.29 is 9.18 Å². The molecule has 1 aromatic rings. The Kier molecular flexibility index (Phi) is 3.47. The van der Waals surface area contributed by atoms with Crippen LogP contribution in [0, 0.1) is 12.7 Å². The van der Waals surface area contributed by atoms with Crippen LogP contribution in [-0.4, -0.2) is 13.0 Å². The number of hydrogen-bond donors (Lipinski definition) is 1. The van der Waals surface area contributed by atoms with E-state index in [0.29, 0.717) is 11.1 Å². The van der Waals surface area contributed by atoms with Crippen molar-refractivity contribution in [2.45, 2.75) is 13.3 Å². The normalized spacial score (nSPS) is 10.0. The van der Waals surface area contributed by atoms with Crippen LogP contribution in [0.4, 0.5) is 4.39 Å². The highest BCUT2D eigenvalue weighted by Gasteiger charge is 2.10. The SMILES string of the molecule is CNC(=O)Cc1ccc(Cl)c(F)c1C. The summed E-state index contributed by atoms with van der Waals surface area (Å²) in [6.45, 7) is 1.61. The summed E-state index contributed by atoms with van der Waals surface area (Å²) in [6.07, 6.45) is 0.177. The minimum absolute atomic E-state index is 0.0863. The third kappa shape index (κ3) is 2.23. The van der Waals surface area contributed by atoms with Crippen molar-refractivity contribution in [3.8, 4) is 0 Å². The number of carbonyl (C=O) groups excluding carboxylic acids is 1. The highest BCUT2D eigenvalue weighted by Crippen LogP contribution is 2.21. The van der Waals surface area contributed by atoms with E-state index in [-0.39, 0.29) is 17.4 Å². The molecule has 76 valence electrons. The van der Waals surface area contributed by atoms with Gasteiger partial charge in [-0.05, 0) is 24.1 Å². The first-order chi connectivity index (χ1) is 6.56. The predicted octanol–water partition coefficient (Wildman–Crippen LogP) is 2.08. The van der Waals surface area contributed by atoms with Crippen LogP contribution in [0.3, 0.4) is 0 Å². The van der Waals surface area contributed by atoms with Crippen molar-refractivity contribution in [3.05, 3.63) is 34.1 Å². The molecule has 0 aliphatic carbocycles. The van der Waals surface area contributed by atoms with Gasteiger partial charge in [0.2, 0.25) is 5.91 Å². The summed E-state index contributed by atoms with van der Waals surface area (Å²) < 4.78 is 13.3. The Morgan fingerprint density at radius 1 is 1.57 bits per heavy atom. The van der Waals surface area contributed by atoms with Gasteiger partial charge >= 0.3 is 0 Å². The molecule has 0 unspecified atom stereocenters. The molecule has 0 fully saturated rings. The lowest BCUT2D eigenvalue weighted by Gasteiger charge is -2.06. The van der Waals surface area contributed by atoms with Crippen LogP contribution < -0.4 is 5.32 Å². The number of halogens is 2. The van der Waals surface area contributed by atoms with E-state index in [0.717, 1.165) is 0 Å². The van der Waals surface area contributed by atoms with Crippen LogP contribution in [0.1, 0.15) is 11.1 Å². The zero-order valence-corrected chi connectivity index (χ0v) is 8.78. The van der Waals surface area contributed by atoms with E-state index in [2.05, 4.69) is 5.32 Å². The minimum atomic E-state index is -0.451. The Morgan fingerprint density at radius 2 is 2.21 bits per heavy atom. The predicted molar refractivity (Wildman–Crippen MR) is 53.9 cm³/mol. The van der Waals surface area contributed by atoms with Gasteiger partial charge in [0.05, 0.1) is 11.4 Å². The molecule has 0 aliphatic heterocycles. The smallest absolute Gasteiger partial charge is 0.224 e. The second-order valence-electron chi connectivity index (χ2n) is 3.00. The summed E-state index contributed by atoms with van der Waals surface area (Å²) in [7, 11) is 1.55. The largest absolute Gasteiger partial charge is 0.359 e. The van der Waals surface area contributed by atoms with Gasteiger partial charge < -0.3 is 5.32 Å². The maximum absolute atomic E-state index is 13.3. The van der Waals surface area contributed by atoms with Gasteiger partial charge in [-0.15, -0.1) is 0 Å². The van der Waals surface area contributed by atoms with Crippen LogP contribution in [0.2, 0.25) is 5.02 Å². The summed E-state index contributed by atoms with van der Waals surface area (Å²) in [4.78, 5) is 11.1. The molecular formula is C10H11ClFNO. The molecule has 0 spiro atoms. The van der Waals surface area contributed by atoms with E-state index in [1.54, 1.807) is 20.0 Å². The molecule has 0 saturated heterocycles. The molecule has 2 nitrogen and oxygen atoms in total. The van der Waals surface area contributed by atoms with E-state index >= 15 is 0 Å². The van der Waals surface area contributed by atoms with E-state index in [1.165, 1.54) is 6.07 Å². The molecule has 0 saturated carbocycles.